The Morgan fingerprint density at radius 3 is 2.92 bits per heavy atom. The molecular weight excluding hydrogens is 316 g/mol. The number of methoxy groups -OCH3 is 1. The topological polar surface area (TPSA) is 58.6 Å². The maximum absolute atomic E-state index is 13.0. The molecule has 0 unspecified atom stereocenters. The second kappa shape index (κ2) is 5.70. The van der Waals surface area contributed by atoms with Crippen LogP contribution in [0.4, 0.5) is 5.69 Å². The number of esters is 1. The van der Waals surface area contributed by atoms with Crippen molar-refractivity contribution < 1.29 is 14.3 Å². The lowest BCUT2D eigenvalue weighted by molar-refractivity contribution is -0.135. The van der Waals surface area contributed by atoms with Crippen LogP contribution >= 0.6 is 0 Å². The number of ether oxygens (including phenoxy) is 1. The summed E-state index contributed by atoms with van der Waals surface area (Å²) in [7, 11) is 1.39. The van der Waals surface area contributed by atoms with E-state index in [2.05, 4.69) is 12.2 Å². The fourth-order valence-corrected chi connectivity index (χ4v) is 5.21. The summed E-state index contributed by atoms with van der Waals surface area (Å²) in [5.74, 6) is -0.254. The highest BCUT2D eigenvalue weighted by Gasteiger charge is 2.64. The molecule has 4 rings (SSSR count). The fraction of sp³-hybridized carbons (Fsp3) is 0.500. The Morgan fingerprint density at radius 2 is 2.16 bits per heavy atom. The Bertz CT molecular complexity index is 772. The predicted octanol–water partition coefficient (Wildman–Crippen LogP) is 2.86. The molecule has 1 N–H and O–H groups in total. The van der Waals surface area contributed by atoms with Crippen LogP contribution in [-0.2, 0) is 14.3 Å². The van der Waals surface area contributed by atoms with Crippen molar-refractivity contribution >= 4 is 23.1 Å². The third kappa shape index (κ3) is 1.99. The lowest BCUT2D eigenvalue weighted by atomic mass is 9.60. The number of rotatable bonds is 2. The van der Waals surface area contributed by atoms with Gasteiger partial charge in [-0.25, -0.2) is 4.79 Å². The summed E-state index contributed by atoms with van der Waals surface area (Å²) in [5.41, 5.74) is 2.01. The van der Waals surface area contributed by atoms with E-state index >= 15 is 0 Å². The molecule has 0 aromatic heterocycles. The van der Waals surface area contributed by atoms with Gasteiger partial charge < -0.3 is 4.74 Å². The van der Waals surface area contributed by atoms with Crippen LogP contribution in [0.3, 0.4) is 0 Å². The predicted molar refractivity (Wildman–Crippen MR) is 95.8 cm³/mol. The first-order valence-electron chi connectivity index (χ1n) is 9.07. The maximum atomic E-state index is 13.0. The minimum Gasteiger partial charge on any atom is -0.466 e. The van der Waals surface area contributed by atoms with Crippen LogP contribution in [-0.4, -0.2) is 31.2 Å². The number of carbonyl (C=O) groups excluding carboxylic acids is 2. The lowest BCUT2D eigenvalue weighted by Crippen LogP contribution is -2.73. The maximum Gasteiger partial charge on any atom is 0.330 e. The SMILES string of the molecule is CC[C@]12CCCN[C@@]13/C(=C\C(=O)OC)c1ccccc1N3C(=O)CC2. The third-order valence-corrected chi connectivity index (χ3v) is 6.35. The number of para-hydroxylation sites is 1. The smallest absolute Gasteiger partial charge is 0.330 e. The molecule has 5 nitrogen and oxygen atoms in total. The van der Waals surface area contributed by atoms with Crippen LogP contribution in [0.2, 0.25) is 0 Å². The van der Waals surface area contributed by atoms with E-state index in [1.807, 2.05) is 29.2 Å². The van der Waals surface area contributed by atoms with E-state index in [4.69, 9.17) is 4.74 Å². The number of piperidine rings is 2. The van der Waals surface area contributed by atoms with E-state index in [-0.39, 0.29) is 17.3 Å². The first-order chi connectivity index (χ1) is 12.1. The van der Waals surface area contributed by atoms with E-state index in [0.717, 1.165) is 49.1 Å². The van der Waals surface area contributed by atoms with Gasteiger partial charge in [-0.1, -0.05) is 25.1 Å². The van der Waals surface area contributed by atoms with Crippen molar-refractivity contribution in [2.75, 3.05) is 18.6 Å². The van der Waals surface area contributed by atoms with Crippen molar-refractivity contribution in [3.8, 4) is 0 Å². The zero-order chi connectivity index (χ0) is 17.7. The second-order valence-corrected chi connectivity index (χ2v) is 7.20. The molecular formula is C20H24N2O3. The Kier molecular flexibility index (Phi) is 3.72. The van der Waals surface area contributed by atoms with Gasteiger partial charge in [0, 0.05) is 29.0 Å². The molecule has 3 aliphatic heterocycles. The normalized spacial score (nSPS) is 32.2. The summed E-state index contributed by atoms with van der Waals surface area (Å²) in [4.78, 5) is 27.1. The van der Waals surface area contributed by atoms with Crippen molar-refractivity contribution in [1.82, 2.24) is 5.32 Å². The van der Waals surface area contributed by atoms with E-state index in [1.165, 1.54) is 7.11 Å². The van der Waals surface area contributed by atoms with Crippen LogP contribution in [0, 0.1) is 5.41 Å². The van der Waals surface area contributed by atoms with Crippen molar-refractivity contribution in [2.24, 2.45) is 5.41 Å². The molecule has 25 heavy (non-hydrogen) atoms. The molecule has 0 bridgehead atoms. The van der Waals surface area contributed by atoms with E-state index < -0.39 is 5.66 Å². The average Bonchev–Trinajstić information content (AvgIpc) is 2.93. The summed E-state index contributed by atoms with van der Waals surface area (Å²) in [6.07, 6.45) is 6.07. The van der Waals surface area contributed by atoms with Crippen LogP contribution < -0.4 is 10.2 Å². The zero-order valence-corrected chi connectivity index (χ0v) is 14.8. The van der Waals surface area contributed by atoms with Gasteiger partial charge in [0.1, 0.15) is 5.66 Å². The number of fused-ring (bicyclic) bond motifs is 2. The van der Waals surface area contributed by atoms with E-state index in [1.54, 1.807) is 6.08 Å². The standard InChI is InChI=1S/C20H24N2O3/c1-3-19-10-6-12-21-20(19)15(13-18(24)25-2)14-7-4-5-8-16(14)22(20)17(23)9-11-19/h4-5,7-8,13,21H,3,6,9-12H2,1-2H3/b15-13-/t19-,20-/m1/s1. The number of benzene rings is 1. The molecule has 1 aromatic rings. The molecule has 1 amide bonds. The number of carbonyl (C=O) groups is 2. The highest BCUT2D eigenvalue weighted by atomic mass is 16.5. The molecule has 1 aromatic carbocycles. The first kappa shape index (κ1) is 16.3. The van der Waals surface area contributed by atoms with Gasteiger partial charge in [0.2, 0.25) is 5.91 Å². The summed E-state index contributed by atoms with van der Waals surface area (Å²) in [6, 6.07) is 7.89. The summed E-state index contributed by atoms with van der Waals surface area (Å²) >= 11 is 0. The number of anilines is 1. The Hall–Kier alpha value is -2.14. The molecule has 3 heterocycles. The highest BCUT2D eigenvalue weighted by molar-refractivity contribution is 6.10. The van der Waals surface area contributed by atoms with Crippen molar-refractivity contribution in [2.45, 2.75) is 44.7 Å². The van der Waals surface area contributed by atoms with Gasteiger partial charge in [0.05, 0.1) is 12.8 Å². The molecule has 2 fully saturated rings. The molecule has 0 aliphatic carbocycles. The summed E-state index contributed by atoms with van der Waals surface area (Å²) < 4.78 is 4.93. The Labute approximate surface area is 148 Å². The van der Waals surface area contributed by atoms with Gasteiger partial charge in [-0.3, -0.25) is 15.0 Å². The Balaban J connectivity index is 2.03. The van der Waals surface area contributed by atoms with E-state index in [9.17, 15) is 9.59 Å². The molecule has 0 saturated carbocycles. The van der Waals surface area contributed by atoms with Gasteiger partial charge in [-0.15, -0.1) is 0 Å². The second-order valence-electron chi connectivity index (χ2n) is 7.20. The molecule has 2 saturated heterocycles. The summed E-state index contributed by atoms with van der Waals surface area (Å²) in [6.45, 7) is 3.03. The number of hydrogen-bond acceptors (Lipinski definition) is 4. The average molecular weight is 340 g/mol. The van der Waals surface area contributed by atoms with Gasteiger partial charge in [0.25, 0.3) is 0 Å². The minimum atomic E-state index is -0.646. The highest BCUT2D eigenvalue weighted by Crippen LogP contribution is 2.61. The quantitative estimate of drug-likeness (QED) is 0.664. The third-order valence-electron chi connectivity index (χ3n) is 6.35. The molecule has 132 valence electrons. The van der Waals surface area contributed by atoms with Gasteiger partial charge in [-0.2, -0.15) is 0 Å². The molecule has 1 spiro atoms. The number of hydrogen-bond donors (Lipinski definition) is 1. The van der Waals surface area contributed by atoms with Gasteiger partial charge in [0.15, 0.2) is 0 Å². The fourth-order valence-electron chi connectivity index (χ4n) is 5.21. The van der Waals surface area contributed by atoms with Crippen LogP contribution in [0.25, 0.3) is 5.57 Å². The van der Waals surface area contributed by atoms with E-state index in [0.29, 0.717) is 6.42 Å². The van der Waals surface area contributed by atoms with Crippen LogP contribution in [0.15, 0.2) is 30.3 Å². The van der Waals surface area contributed by atoms with Gasteiger partial charge in [-0.05, 0) is 38.3 Å². The van der Waals surface area contributed by atoms with Crippen molar-refractivity contribution in [1.29, 1.82) is 0 Å². The molecule has 0 radical (unpaired) electrons. The number of amides is 1. The Morgan fingerprint density at radius 1 is 1.36 bits per heavy atom. The monoisotopic (exact) mass is 340 g/mol. The molecule has 3 aliphatic rings. The molecule has 2 atom stereocenters. The zero-order valence-electron chi connectivity index (χ0n) is 14.8. The van der Waals surface area contributed by atoms with Crippen LogP contribution in [0.1, 0.15) is 44.6 Å². The first-order valence-corrected chi connectivity index (χ1v) is 9.07. The number of nitrogens with zero attached hydrogens (tertiary/aromatic N) is 1. The van der Waals surface area contributed by atoms with Crippen molar-refractivity contribution in [3.63, 3.8) is 0 Å². The van der Waals surface area contributed by atoms with Gasteiger partial charge >= 0.3 is 5.97 Å². The van der Waals surface area contributed by atoms with Crippen LogP contribution in [0.5, 0.6) is 0 Å². The number of nitrogens with one attached hydrogen (secondary N) is 1. The molecule has 5 heteroatoms. The summed E-state index contributed by atoms with van der Waals surface area (Å²) in [5, 5.41) is 3.67. The lowest BCUT2D eigenvalue weighted by Gasteiger charge is -2.59. The largest absolute Gasteiger partial charge is 0.466 e. The van der Waals surface area contributed by atoms with Crippen molar-refractivity contribution in [3.05, 3.63) is 35.9 Å². The minimum absolute atomic E-state index is 0.0714.